The third kappa shape index (κ3) is 4.01. The van der Waals surface area contributed by atoms with Gasteiger partial charge in [-0.25, -0.2) is 4.79 Å². The second-order valence-electron chi connectivity index (χ2n) is 5.67. The number of amides is 1. The molecule has 0 spiro atoms. The molecule has 2 aromatic carbocycles. The zero-order valence-corrected chi connectivity index (χ0v) is 13.8. The number of fused-ring (bicyclic) bond motifs is 1. The Bertz CT molecular complexity index is 894. The maximum Gasteiger partial charge on any atom is 0.328 e. The van der Waals surface area contributed by atoms with E-state index in [1.807, 2.05) is 42.5 Å². The number of benzene rings is 2. The van der Waals surface area contributed by atoms with Gasteiger partial charge in [0.2, 0.25) is 0 Å². The van der Waals surface area contributed by atoms with Crippen LogP contribution in [0.25, 0.3) is 10.8 Å². The fourth-order valence-corrected chi connectivity index (χ4v) is 2.68. The second-order valence-corrected chi connectivity index (χ2v) is 5.67. The molecule has 126 valence electrons. The number of esters is 1. The maximum atomic E-state index is 12.3. The summed E-state index contributed by atoms with van der Waals surface area (Å²) in [6, 6.07) is 16.4. The molecule has 0 aliphatic carbocycles. The normalized spacial score (nSPS) is 11.7. The van der Waals surface area contributed by atoms with Crippen LogP contribution in [0.1, 0.15) is 15.9 Å². The van der Waals surface area contributed by atoms with Gasteiger partial charge in [0.05, 0.1) is 7.11 Å². The fourth-order valence-electron chi connectivity index (χ4n) is 2.68. The van der Waals surface area contributed by atoms with Crippen LogP contribution in [0.5, 0.6) is 0 Å². The Morgan fingerprint density at radius 2 is 1.76 bits per heavy atom. The summed E-state index contributed by atoms with van der Waals surface area (Å²) in [6.45, 7) is 0. The van der Waals surface area contributed by atoms with Crippen LogP contribution in [0.2, 0.25) is 0 Å². The molecule has 5 nitrogen and oxygen atoms in total. The van der Waals surface area contributed by atoms with E-state index in [-0.39, 0.29) is 5.91 Å². The van der Waals surface area contributed by atoms with Crippen molar-refractivity contribution < 1.29 is 14.3 Å². The molecule has 3 aromatic rings. The summed E-state index contributed by atoms with van der Waals surface area (Å²) in [7, 11) is 1.31. The Balaban J connectivity index is 1.80. The molecule has 1 N–H and O–H groups in total. The van der Waals surface area contributed by atoms with E-state index >= 15 is 0 Å². The van der Waals surface area contributed by atoms with E-state index in [0.29, 0.717) is 12.0 Å². The van der Waals surface area contributed by atoms with Crippen molar-refractivity contribution in [2.24, 2.45) is 0 Å². The molecule has 1 aromatic heterocycles. The molecule has 1 atom stereocenters. The molecule has 1 amide bonds. The van der Waals surface area contributed by atoms with Gasteiger partial charge >= 0.3 is 5.97 Å². The Morgan fingerprint density at radius 1 is 1.04 bits per heavy atom. The smallest absolute Gasteiger partial charge is 0.328 e. The molecule has 5 heteroatoms. The number of hydrogen-bond donors (Lipinski definition) is 1. The molecule has 0 unspecified atom stereocenters. The van der Waals surface area contributed by atoms with Gasteiger partial charge in [0.1, 0.15) is 6.04 Å². The Morgan fingerprint density at radius 3 is 2.48 bits per heavy atom. The molecule has 0 radical (unpaired) electrons. The van der Waals surface area contributed by atoms with Crippen LogP contribution in [0.15, 0.2) is 67.0 Å². The van der Waals surface area contributed by atoms with Crippen molar-refractivity contribution in [1.29, 1.82) is 0 Å². The highest BCUT2D eigenvalue weighted by atomic mass is 16.5. The Hall–Kier alpha value is -3.21. The first kappa shape index (κ1) is 16.6. The number of methoxy groups -OCH3 is 1. The van der Waals surface area contributed by atoms with Crippen LogP contribution in [0, 0.1) is 0 Å². The Kier molecular flexibility index (Phi) is 5.04. The minimum atomic E-state index is -0.758. The van der Waals surface area contributed by atoms with Gasteiger partial charge in [-0.3, -0.25) is 9.78 Å². The van der Waals surface area contributed by atoms with Gasteiger partial charge < -0.3 is 10.1 Å². The van der Waals surface area contributed by atoms with Crippen LogP contribution in [-0.2, 0) is 16.0 Å². The lowest BCUT2D eigenvalue weighted by Crippen LogP contribution is -2.43. The highest BCUT2D eigenvalue weighted by Gasteiger charge is 2.22. The third-order valence-electron chi connectivity index (χ3n) is 3.99. The highest BCUT2D eigenvalue weighted by Crippen LogP contribution is 2.17. The second kappa shape index (κ2) is 7.57. The average molecular weight is 334 g/mol. The molecule has 0 saturated carbocycles. The van der Waals surface area contributed by atoms with Gasteiger partial charge in [0.25, 0.3) is 5.91 Å². The third-order valence-corrected chi connectivity index (χ3v) is 3.99. The van der Waals surface area contributed by atoms with E-state index in [9.17, 15) is 9.59 Å². The molecule has 3 rings (SSSR count). The lowest BCUT2D eigenvalue weighted by molar-refractivity contribution is -0.142. The van der Waals surface area contributed by atoms with Crippen molar-refractivity contribution in [1.82, 2.24) is 10.3 Å². The first-order valence-electron chi connectivity index (χ1n) is 7.94. The van der Waals surface area contributed by atoms with Gasteiger partial charge in [-0.05, 0) is 28.5 Å². The van der Waals surface area contributed by atoms with Gasteiger partial charge in [0.15, 0.2) is 0 Å². The van der Waals surface area contributed by atoms with Crippen molar-refractivity contribution in [2.45, 2.75) is 12.5 Å². The topological polar surface area (TPSA) is 68.3 Å². The van der Waals surface area contributed by atoms with Crippen molar-refractivity contribution in [3.05, 3.63) is 78.1 Å². The van der Waals surface area contributed by atoms with Gasteiger partial charge in [-0.15, -0.1) is 0 Å². The summed E-state index contributed by atoms with van der Waals surface area (Å²) >= 11 is 0. The monoisotopic (exact) mass is 334 g/mol. The fraction of sp³-hybridized carbons (Fsp3) is 0.150. The number of nitrogens with zero attached hydrogens (tertiary/aromatic N) is 1. The van der Waals surface area contributed by atoms with Crippen LogP contribution in [-0.4, -0.2) is 30.0 Å². The molecule has 0 aliphatic heterocycles. The predicted molar refractivity (Wildman–Crippen MR) is 95.2 cm³/mol. The summed E-state index contributed by atoms with van der Waals surface area (Å²) in [5, 5.41) is 4.95. The standard InChI is InChI=1S/C20H18N2O3/c1-25-20(24)18(22-19(23)16-8-10-21-11-9-16)13-14-6-7-15-4-2-3-5-17(15)12-14/h2-12,18H,13H2,1H3,(H,22,23)/t18-/m0/s1. The molecular formula is C20H18N2O3. The van der Waals surface area contributed by atoms with Crippen LogP contribution < -0.4 is 5.32 Å². The molecule has 25 heavy (non-hydrogen) atoms. The predicted octanol–water partition coefficient (Wildman–Crippen LogP) is 2.75. The van der Waals surface area contributed by atoms with Crippen molar-refractivity contribution in [3.63, 3.8) is 0 Å². The quantitative estimate of drug-likeness (QED) is 0.729. The SMILES string of the molecule is COC(=O)[C@H](Cc1ccc2ccccc2c1)NC(=O)c1ccncc1. The van der Waals surface area contributed by atoms with E-state index in [2.05, 4.69) is 10.3 Å². The van der Waals surface area contributed by atoms with E-state index in [4.69, 9.17) is 4.74 Å². The number of ether oxygens (including phenoxy) is 1. The number of rotatable bonds is 5. The Labute approximate surface area is 145 Å². The molecule has 0 aliphatic rings. The zero-order chi connectivity index (χ0) is 17.6. The number of carbonyl (C=O) groups excluding carboxylic acids is 2. The van der Waals surface area contributed by atoms with Crippen molar-refractivity contribution >= 4 is 22.6 Å². The van der Waals surface area contributed by atoms with E-state index < -0.39 is 12.0 Å². The largest absolute Gasteiger partial charge is 0.467 e. The van der Waals surface area contributed by atoms with E-state index in [1.54, 1.807) is 12.1 Å². The summed E-state index contributed by atoms with van der Waals surface area (Å²) < 4.78 is 4.84. The van der Waals surface area contributed by atoms with E-state index in [0.717, 1.165) is 16.3 Å². The van der Waals surface area contributed by atoms with Gasteiger partial charge in [-0.1, -0.05) is 42.5 Å². The summed E-state index contributed by atoms with van der Waals surface area (Å²) in [5.74, 6) is -0.811. The van der Waals surface area contributed by atoms with Crippen LogP contribution in [0.3, 0.4) is 0 Å². The lowest BCUT2D eigenvalue weighted by atomic mass is 10.0. The number of nitrogens with one attached hydrogen (secondary N) is 1. The number of carbonyl (C=O) groups is 2. The van der Waals surface area contributed by atoms with E-state index in [1.165, 1.54) is 19.5 Å². The summed E-state index contributed by atoms with van der Waals surface area (Å²) in [6.07, 6.45) is 3.42. The van der Waals surface area contributed by atoms with Gasteiger partial charge in [0, 0.05) is 24.4 Å². The summed E-state index contributed by atoms with van der Waals surface area (Å²) in [5.41, 5.74) is 1.39. The van der Waals surface area contributed by atoms with Crippen LogP contribution >= 0.6 is 0 Å². The summed E-state index contributed by atoms with van der Waals surface area (Å²) in [4.78, 5) is 28.3. The number of aromatic nitrogens is 1. The first-order valence-corrected chi connectivity index (χ1v) is 7.94. The first-order chi connectivity index (χ1) is 12.2. The minimum Gasteiger partial charge on any atom is -0.467 e. The zero-order valence-electron chi connectivity index (χ0n) is 13.8. The molecule has 1 heterocycles. The van der Waals surface area contributed by atoms with Crippen LogP contribution in [0.4, 0.5) is 0 Å². The molecule has 0 bridgehead atoms. The number of hydrogen-bond acceptors (Lipinski definition) is 4. The van der Waals surface area contributed by atoms with Crippen molar-refractivity contribution in [2.75, 3.05) is 7.11 Å². The molecular weight excluding hydrogens is 316 g/mol. The van der Waals surface area contributed by atoms with Gasteiger partial charge in [-0.2, -0.15) is 0 Å². The highest BCUT2D eigenvalue weighted by molar-refractivity contribution is 5.96. The lowest BCUT2D eigenvalue weighted by Gasteiger charge is -2.17. The molecule has 0 fully saturated rings. The molecule has 0 saturated heterocycles. The number of pyridine rings is 1. The minimum absolute atomic E-state index is 0.335. The van der Waals surface area contributed by atoms with Crippen molar-refractivity contribution in [3.8, 4) is 0 Å². The average Bonchev–Trinajstić information content (AvgIpc) is 2.67. The maximum absolute atomic E-state index is 12.3.